The molecule has 0 aliphatic carbocycles. The van der Waals surface area contributed by atoms with Gasteiger partial charge in [-0.3, -0.25) is 14.5 Å². The first-order chi connectivity index (χ1) is 10.6. The number of carbonyl (C=O) groups is 2. The fourth-order valence-electron chi connectivity index (χ4n) is 2.24. The highest BCUT2D eigenvalue weighted by Gasteiger charge is 2.26. The minimum Gasteiger partial charge on any atom is -0.323 e. The SMILES string of the molecule is CCN(C(=O)CN1CCSC1=O)c1nc2cc(Cl)ccc2s1. The number of thioether (sulfide) groups is 1. The quantitative estimate of drug-likeness (QED) is 0.842. The summed E-state index contributed by atoms with van der Waals surface area (Å²) in [5, 5.41) is 1.24. The van der Waals surface area contributed by atoms with E-state index in [9.17, 15) is 9.59 Å². The van der Waals surface area contributed by atoms with E-state index >= 15 is 0 Å². The van der Waals surface area contributed by atoms with E-state index < -0.39 is 0 Å². The first-order valence-corrected chi connectivity index (χ1v) is 9.04. The Hall–Kier alpha value is -1.31. The van der Waals surface area contributed by atoms with Gasteiger partial charge in [-0.15, -0.1) is 0 Å². The third-order valence-electron chi connectivity index (χ3n) is 3.36. The summed E-state index contributed by atoms with van der Waals surface area (Å²) in [5.74, 6) is 0.640. The molecule has 0 N–H and O–H groups in total. The topological polar surface area (TPSA) is 53.5 Å². The van der Waals surface area contributed by atoms with Gasteiger partial charge in [-0.05, 0) is 25.1 Å². The molecule has 0 radical (unpaired) electrons. The van der Waals surface area contributed by atoms with Crippen LogP contribution in [0.2, 0.25) is 5.02 Å². The molecule has 0 unspecified atom stereocenters. The number of thiazole rings is 1. The van der Waals surface area contributed by atoms with Crippen molar-refractivity contribution in [1.29, 1.82) is 0 Å². The Kier molecular flexibility index (Phi) is 4.56. The van der Waals surface area contributed by atoms with Gasteiger partial charge in [0, 0.05) is 23.9 Å². The molecule has 2 amide bonds. The average Bonchev–Trinajstić information content (AvgIpc) is 3.06. The molecule has 0 bridgehead atoms. The number of halogens is 1. The van der Waals surface area contributed by atoms with Crippen LogP contribution in [-0.4, -0.2) is 46.4 Å². The Morgan fingerprint density at radius 1 is 1.50 bits per heavy atom. The number of nitrogens with zero attached hydrogens (tertiary/aromatic N) is 3. The lowest BCUT2D eigenvalue weighted by atomic mass is 10.3. The molecule has 0 atom stereocenters. The van der Waals surface area contributed by atoms with Crippen molar-refractivity contribution in [1.82, 2.24) is 9.88 Å². The van der Waals surface area contributed by atoms with Crippen molar-refractivity contribution in [2.24, 2.45) is 0 Å². The van der Waals surface area contributed by atoms with Crippen LogP contribution >= 0.6 is 34.7 Å². The van der Waals surface area contributed by atoms with Gasteiger partial charge in [0.1, 0.15) is 6.54 Å². The van der Waals surface area contributed by atoms with Gasteiger partial charge in [0.15, 0.2) is 5.13 Å². The maximum Gasteiger partial charge on any atom is 0.282 e. The minimum atomic E-state index is -0.108. The molecule has 1 aromatic carbocycles. The second-order valence-corrected chi connectivity index (χ2v) is 7.27. The summed E-state index contributed by atoms with van der Waals surface area (Å²) >= 11 is 8.68. The number of likely N-dealkylation sites (N-methyl/N-ethyl adjacent to an activating group) is 1. The molecule has 3 rings (SSSR count). The molecule has 22 heavy (non-hydrogen) atoms. The average molecular weight is 356 g/mol. The van der Waals surface area contributed by atoms with Crippen molar-refractivity contribution in [3.05, 3.63) is 23.2 Å². The zero-order valence-electron chi connectivity index (χ0n) is 11.9. The van der Waals surface area contributed by atoms with Crippen LogP contribution in [0.1, 0.15) is 6.92 Å². The van der Waals surface area contributed by atoms with Crippen LogP contribution in [0.3, 0.4) is 0 Å². The normalized spacial score (nSPS) is 14.8. The molecule has 8 heteroatoms. The first-order valence-electron chi connectivity index (χ1n) is 6.86. The van der Waals surface area contributed by atoms with Crippen molar-refractivity contribution in [2.45, 2.75) is 6.92 Å². The summed E-state index contributed by atoms with van der Waals surface area (Å²) in [6, 6.07) is 5.50. The molecule has 1 aromatic heterocycles. The number of hydrogen-bond acceptors (Lipinski definition) is 5. The summed E-state index contributed by atoms with van der Waals surface area (Å²) in [5.41, 5.74) is 0.784. The summed E-state index contributed by atoms with van der Waals surface area (Å²) in [6.07, 6.45) is 0. The number of fused-ring (bicyclic) bond motifs is 1. The number of amides is 2. The van der Waals surface area contributed by atoms with E-state index in [0.717, 1.165) is 16.0 Å². The Morgan fingerprint density at radius 2 is 2.32 bits per heavy atom. The largest absolute Gasteiger partial charge is 0.323 e. The second kappa shape index (κ2) is 6.44. The van der Waals surface area contributed by atoms with Gasteiger partial charge in [-0.1, -0.05) is 34.7 Å². The van der Waals surface area contributed by atoms with Crippen LogP contribution in [0.25, 0.3) is 10.2 Å². The van der Waals surface area contributed by atoms with Gasteiger partial charge in [0.25, 0.3) is 5.24 Å². The summed E-state index contributed by atoms with van der Waals surface area (Å²) in [6.45, 7) is 3.15. The summed E-state index contributed by atoms with van der Waals surface area (Å²) in [4.78, 5) is 31.8. The Bertz CT molecular complexity index is 734. The highest BCUT2D eigenvalue weighted by atomic mass is 35.5. The number of aromatic nitrogens is 1. The molecule has 0 saturated carbocycles. The highest BCUT2D eigenvalue weighted by Crippen LogP contribution is 2.30. The maximum absolute atomic E-state index is 12.5. The fraction of sp³-hybridized carbons (Fsp3) is 0.357. The zero-order chi connectivity index (χ0) is 15.7. The molecule has 1 aliphatic rings. The van der Waals surface area contributed by atoms with Crippen molar-refractivity contribution in [3.63, 3.8) is 0 Å². The van der Waals surface area contributed by atoms with Gasteiger partial charge in [-0.2, -0.15) is 0 Å². The van der Waals surface area contributed by atoms with Crippen molar-refractivity contribution >= 4 is 61.2 Å². The van der Waals surface area contributed by atoms with Crippen LogP contribution in [-0.2, 0) is 4.79 Å². The fourth-order valence-corrected chi connectivity index (χ4v) is 4.26. The Balaban J connectivity index is 1.82. The monoisotopic (exact) mass is 355 g/mol. The zero-order valence-corrected chi connectivity index (χ0v) is 14.3. The van der Waals surface area contributed by atoms with E-state index in [-0.39, 0.29) is 17.7 Å². The number of rotatable bonds is 4. The molecule has 5 nitrogen and oxygen atoms in total. The van der Waals surface area contributed by atoms with Gasteiger partial charge in [0.2, 0.25) is 5.91 Å². The van der Waals surface area contributed by atoms with Gasteiger partial charge < -0.3 is 4.90 Å². The van der Waals surface area contributed by atoms with E-state index in [4.69, 9.17) is 11.6 Å². The van der Waals surface area contributed by atoms with Crippen LogP contribution in [0.15, 0.2) is 18.2 Å². The van der Waals surface area contributed by atoms with Crippen molar-refractivity contribution < 1.29 is 9.59 Å². The van der Waals surface area contributed by atoms with Crippen LogP contribution in [0.5, 0.6) is 0 Å². The summed E-state index contributed by atoms with van der Waals surface area (Å²) < 4.78 is 0.985. The van der Waals surface area contributed by atoms with Crippen LogP contribution in [0, 0.1) is 0 Å². The standard InChI is InChI=1S/C14H14ClN3O2S2/c1-2-18(12(19)8-17-5-6-21-14(17)20)13-16-10-7-9(15)3-4-11(10)22-13/h3-4,7H,2,5-6,8H2,1H3. The lowest BCUT2D eigenvalue weighted by Crippen LogP contribution is -2.40. The number of hydrogen-bond donors (Lipinski definition) is 0. The van der Waals surface area contributed by atoms with Crippen molar-refractivity contribution in [2.75, 3.05) is 30.3 Å². The smallest absolute Gasteiger partial charge is 0.282 e. The van der Waals surface area contributed by atoms with Crippen molar-refractivity contribution in [3.8, 4) is 0 Å². The molecule has 0 spiro atoms. The number of carbonyl (C=O) groups excluding carboxylic acids is 2. The molecule has 1 aliphatic heterocycles. The molecule has 116 valence electrons. The predicted molar refractivity (Wildman–Crippen MR) is 92.1 cm³/mol. The second-order valence-electron chi connectivity index (χ2n) is 4.78. The number of benzene rings is 1. The van der Waals surface area contributed by atoms with E-state index in [1.54, 1.807) is 15.9 Å². The van der Waals surface area contributed by atoms with E-state index in [2.05, 4.69) is 4.98 Å². The van der Waals surface area contributed by atoms with E-state index in [1.807, 2.05) is 19.1 Å². The van der Waals surface area contributed by atoms with Gasteiger partial charge >= 0.3 is 0 Å². The van der Waals surface area contributed by atoms with E-state index in [0.29, 0.717) is 23.2 Å². The molecule has 1 fully saturated rings. The third kappa shape index (κ3) is 3.06. The Labute approximate surface area is 141 Å². The lowest BCUT2D eigenvalue weighted by Gasteiger charge is -2.21. The minimum absolute atomic E-state index is 0.0273. The van der Waals surface area contributed by atoms with Crippen LogP contribution < -0.4 is 4.90 Å². The summed E-state index contributed by atoms with van der Waals surface area (Å²) in [7, 11) is 0. The predicted octanol–water partition coefficient (Wildman–Crippen LogP) is 3.47. The van der Waals surface area contributed by atoms with Gasteiger partial charge in [-0.25, -0.2) is 4.98 Å². The Morgan fingerprint density at radius 3 is 3.00 bits per heavy atom. The molecular formula is C14H14ClN3O2S2. The third-order valence-corrected chi connectivity index (χ3v) is 5.54. The maximum atomic E-state index is 12.5. The molecule has 2 aromatic rings. The first kappa shape index (κ1) is 15.6. The van der Waals surface area contributed by atoms with E-state index in [1.165, 1.54) is 23.1 Å². The van der Waals surface area contributed by atoms with Gasteiger partial charge in [0.05, 0.1) is 10.2 Å². The van der Waals surface area contributed by atoms with Crippen LogP contribution in [0.4, 0.5) is 9.93 Å². The number of anilines is 1. The molecule has 1 saturated heterocycles. The lowest BCUT2D eigenvalue weighted by molar-refractivity contribution is -0.119. The molecular weight excluding hydrogens is 342 g/mol. The molecule has 2 heterocycles. The highest BCUT2D eigenvalue weighted by molar-refractivity contribution is 8.13.